The molecule has 0 atom stereocenters. The van der Waals surface area contributed by atoms with Gasteiger partial charge in [-0.05, 0) is 35.9 Å². The average molecular weight is 346 g/mol. The van der Waals surface area contributed by atoms with Gasteiger partial charge >= 0.3 is 0 Å². The van der Waals surface area contributed by atoms with Crippen LogP contribution in [0, 0.1) is 11.3 Å². The molecule has 0 amide bonds. The van der Waals surface area contributed by atoms with E-state index in [1.165, 1.54) is 37.7 Å². The van der Waals surface area contributed by atoms with Gasteiger partial charge in [-0.1, -0.05) is 12.1 Å². The van der Waals surface area contributed by atoms with Crippen molar-refractivity contribution in [1.82, 2.24) is 4.31 Å². The van der Waals surface area contributed by atoms with E-state index in [0.717, 1.165) is 5.56 Å². The van der Waals surface area contributed by atoms with Crippen molar-refractivity contribution in [1.29, 1.82) is 5.26 Å². The third-order valence-corrected chi connectivity index (χ3v) is 5.32. The van der Waals surface area contributed by atoms with Crippen LogP contribution >= 0.6 is 0 Å². The molecule has 0 radical (unpaired) electrons. The van der Waals surface area contributed by atoms with Gasteiger partial charge in [-0.2, -0.15) is 9.57 Å². The first-order chi connectivity index (χ1) is 11.4. The lowest BCUT2D eigenvalue weighted by molar-refractivity contribution is 0.354. The average Bonchev–Trinajstić information content (AvgIpc) is 2.61. The van der Waals surface area contributed by atoms with E-state index in [9.17, 15) is 8.42 Å². The molecule has 0 aliphatic heterocycles. The van der Waals surface area contributed by atoms with E-state index >= 15 is 0 Å². The van der Waals surface area contributed by atoms with E-state index in [0.29, 0.717) is 17.1 Å². The molecule has 0 N–H and O–H groups in total. The van der Waals surface area contributed by atoms with E-state index in [1.54, 1.807) is 30.3 Å². The van der Waals surface area contributed by atoms with Gasteiger partial charge in [-0.25, -0.2) is 8.42 Å². The first-order valence-electron chi connectivity index (χ1n) is 7.09. The standard InChI is InChI=1S/C17H18N2O4S/c1-19(12-14-7-8-16(22-2)17(10-14)23-3)24(20,21)15-6-4-5-13(9-15)11-18/h4-10H,12H2,1-3H3. The molecule has 0 bridgehead atoms. The summed E-state index contributed by atoms with van der Waals surface area (Å²) in [4.78, 5) is 0.0875. The Morgan fingerprint density at radius 3 is 2.42 bits per heavy atom. The maximum absolute atomic E-state index is 12.6. The zero-order valence-corrected chi connectivity index (χ0v) is 14.5. The molecule has 0 spiro atoms. The second-order valence-corrected chi connectivity index (χ2v) is 7.13. The summed E-state index contributed by atoms with van der Waals surface area (Å²) in [5, 5.41) is 8.92. The van der Waals surface area contributed by atoms with E-state index in [-0.39, 0.29) is 11.4 Å². The zero-order chi connectivity index (χ0) is 17.7. The number of sulfonamides is 1. The summed E-state index contributed by atoms with van der Waals surface area (Å²) in [7, 11) is 0.858. The van der Waals surface area contributed by atoms with Gasteiger partial charge in [0.25, 0.3) is 0 Å². The minimum atomic E-state index is -3.69. The summed E-state index contributed by atoms with van der Waals surface area (Å²) in [5.74, 6) is 1.11. The first-order valence-corrected chi connectivity index (χ1v) is 8.53. The molecule has 0 aliphatic carbocycles. The number of nitrogens with zero attached hydrogens (tertiary/aromatic N) is 2. The fourth-order valence-corrected chi connectivity index (χ4v) is 3.43. The molecule has 0 unspecified atom stereocenters. The van der Waals surface area contributed by atoms with Gasteiger partial charge in [-0.3, -0.25) is 0 Å². The van der Waals surface area contributed by atoms with Crippen LogP contribution in [0.25, 0.3) is 0 Å². The van der Waals surface area contributed by atoms with Crippen molar-refractivity contribution in [3.8, 4) is 17.6 Å². The summed E-state index contributed by atoms with van der Waals surface area (Å²) in [6, 6.07) is 13.1. The predicted molar refractivity (Wildman–Crippen MR) is 89.4 cm³/mol. The van der Waals surface area contributed by atoms with Crippen LogP contribution in [-0.4, -0.2) is 34.0 Å². The highest BCUT2D eigenvalue weighted by atomic mass is 32.2. The van der Waals surface area contributed by atoms with E-state index in [4.69, 9.17) is 14.7 Å². The highest BCUT2D eigenvalue weighted by Gasteiger charge is 2.21. The number of methoxy groups -OCH3 is 2. The van der Waals surface area contributed by atoms with Crippen molar-refractivity contribution in [3.63, 3.8) is 0 Å². The van der Waals surface area contributed by atoms with Crippen LogP contribution in [0.3, 0.4) is 0 Å². The quantitative estimate of drug-likeness (QED) is 0.802. The first kappa shape index (κ1) is 17.8. The van der Waals surface area contributed by atoms with Crippen LogP contribution < -0.4 is 9.47 Å². The minimum Gasteiger partial charge on any atom is -0.493 e. The Bertz CT molecular complexity index is 872. The van der Waals surface area contributed by atoms with Crippen LogP contribution in [0.1, 0.15) is 11.1 Å². The normalized spacial score (nSPS) is 11.1. The maximum Gasteiger partial charge on any atom is 0.243 e. The van der Waals surface area contributed by atoms with Gasteiger partial charge in [0.05, 0.1) is 30.7 Å². The second-order valence-electron chi connectivity index (χ2n) is 5.09. The topological polar surface area (TPSA) is 79.6 Å². The smallest absolute Gasteiger partial charge is 0.243 e. The van der Waals surface area contributed by atoms with Crippen LogP contribution in [0.4, 0.5) is 0 Å². The van der Waals surface area contributed by atoms with Crippen molar-refractivity contribution in [2.24, 2.45) is 0 Å². The molecule has 6 nitrogen and oxygen atoms in total. The Morgan fingerprint density at radius 1 is 1.08 bits per heavy atom. The molecule has 0 fully saturated rings. The zero-order valence-electron chi connectivity index (χ0n) is 13.7. The monoisotopic (exact) mass is 346 g/mol. The molecular weight excluding hydrogens is 328 g/mol. The number of hydrogen-bond donors (Lipinski definition) is 0. The summed E-state index contributed by atoms with van der Waals surface area (Å²) in [5.41, 5.74) is 1.06. The number of rotatable bonds is 6. The Morgan fingerprint density at radius 2 is 1.79 bits per heavy atom. The highest BCUT2D eigenvalue weighted by Crippen LogP contribution is 2.28. The minimum absolute atomic E-state index is 0.0875. The molecule has 2 rings (SSSR count). The van der Waals surface area contributed by atoms with Crippen molar-refractivity contribution in [3.05, 3.63) is 53.6 Å². The lowest BCUT2D eigenvalue weighted by atomic mass is 10.2. The molecule has 7 heteroatoms. The van der Waals surface area contributed by atoms with Gasteiger partial charge in [-0.15, -0.1) is 0 Å². The largest absolute Gasteiger partial charge is 0.493 e. The molecule has 24 heavy (non-hydrogen) atoms. The Kier molecular flexibility index (Phi) is 5.44. The number of benzene rings is 2. The summed E-state index contributed by atoms with van der Waals surface area (Å²) < 4.78 is 36.9. The molecule has 0 heterocycles. The van der Waals surface area contributed by atoms with E-state index < -0.39 is 10.0 Å². The fourth-order valence-electron chi connectivity index (χ4n) is 2.23. The molecule has 2 aromatic carbocycles. The van der Waals surface area contributed by atoms with Crippen molar-refractivity contribution in [2.45, 2.75) is 11.4 Å². The Hall–Kier alpha value is -2.56. The Labute approximate surface area is 141 Å². The highest BCUT2D eigenvalue weighted by molar-refractivity contribution is 7.89. The summed E-state index contributed by atoms with van der Waals surface area (Å²) in [6.07, 6.45) is 0. The lowest BCUT2D eigenvalue weighted by Crippen LogP contribution is -2.26. The number of hydrogen-bond acceptors (Lipinski definition) is 5. The second kappa shape index (κ2) is 7.34. The molecule has 2 aromatic rings. The molecule has 0 saturated carbocycles. The molecule has 0 aliphatic rings. The third-order valence-electron chi connectivity index (χ3n) is 3.52. The lowest BCUT2D eigenvalue weighted by Gasteiger charge is -2.18. The predicted octanol–water partition coefficient (Wildman–Crippen LogP) is 2.40. The van der Waals surface area contributed by atoms with Crippen molar-refractivity contribution < 1.29 is 17.9 Å². The van der Waals surface area contributed by atoms with Gasteiger partial charge < -0.3 is 9.47 Å². The molecular formula is C17H18N2O4S. The number of ether oxygens (including phenoxy) is 2. The van der Waals surface area contributed by atoms with Crippen LogP contribution in [-0.2, 0) is 16.6 Å². The van der Waals surface area contributed by atoms with Gasteiger partial charge in [0.15, 0.2) is 11.5 Å². The van der Waals surface area contributed by atoms with Crippen LogP contribution in [0.2, 0.25) is 0 Å². The van der Waals surface area contributed by atoms with Crippen LogP contribution in [0.5, 0.6) is 11.5 Å². The molecule has 0 saturated heterocycles. The van der Waals surface area contributed by atoms with E-state index in [2.05, 4.69) is 0 Å². The summed E-state index contributed by atoms with van der Waals surface area (Å²) in [6.45, 7) is 0.166. The van der Waals surface area contributed by atoms with Crippen LogP contribution in [0.15, 0.2) is 47.4 Å². The van der Waals surface area contributed by atoms with Gasteiger partial charge in [0, 0.05) is 13.6 Å². The van der Waals surface area contributed by atoms with E-state index in [1.807, 2.05) is 6.07 Å². The molecule has 0 aromatic heterocycles. The third kappa shape index (κ3) is 3.67. The maximum atomic E-state index is 12.6. The fraction of sp³-hybridized carbons (Fsp3) is 0.235. The SMILES string of the molecule is COc1ccc(CN(C)S(=O)(=O)c2cccc(C#N)c2)cc1OC. The number of nitriles is 1. The van der Waals surface area contributed by atoms with Gasteiger partial charge in [0.2, 0.25) is 10.0 Å². The Balaban J connectivity index is 2.28. The summed E-state index contributed by atoms with van der Waals surface area (Å²) >= 11 is 0. The van der Waals surface area contributed by atoms with Crippen molar-refractivity contribution in [2.75, 3.05) is 21.3 Å². The van der Waals surface area contributed by atoms with Crippen molar-refractivity contribution >= 4 is 10.0 Å². The van der Waals surface area contributed by atoms with Gasteiger partial charge in [0.1, 0.15) is 0 Å². The molecule has 126 valence electrons.